The van der Waals surface area contributed by atoms with Gasteiger partial charge in [0, 0.05) is 10.8 Å². The zero-order valence-corrected chi connectivity index (χ0v) is 11.7. The van der Waals surface area contributed by atoms with Gasteiger partial charge in [-0.1, -0.05) is 19.3 Å². The molecule has 0 spiro atoms. The van der Waals surface area contributed by atoms with Gasteiger partial charge in [-0.2, -0.15) is 0 Å². The van der Waals surface area contributed by atoms with Crippen molar-refractivity contribution in [2.75, 3.05) is 12.9 Å². The summed E-state index contributed by atoms with van der Waals surface area (Å²) in [4.78, 5) is 13.2. The number of carbonyl (C=O) groups excluding carboxylic acids is 1. The summed E-state index contributed by atoms with van der Waals surface area (Å²) in [5.74, 6) is 2.22. The standard InChI is InChI=1S/C15H20O2S/c1-17-13-7-9-14(10-8-13)18-11-15(16)12-5-3-2-4-6-12/h7-10,12H,2-6,11H2,1H3. The van der Waals surface area contributed by atoms with Crippen molar-refractivity contribution in [2.24, 2.45) is 5.92 Å². The first-order chi connectivity index (χ1) is 8.79. The molecule has 1 aromatic rings. The van der Waals surface area contributed by atoms with Gasteiger partial charge in [-0.05, 0) is 37.1 Å². The van der Waals surface area contributed by atoms with E-state index in [1.165, 1.54) is 19.3 Å². The van der Waals surface area contributed by atoms with Crippen molar-refractivity contribution in [3.8, 4) is 5.75 Å². The molecule has 98 valence electrons. The van der Waals surface area contributed by atoms with Gasteiger partial charge in [0.25, 0.3) is 0 Å². The summed E-state index contributed by atoms with van der Waals surface area (Å²) in [5, 5.41) is 0. The van der Waals surface area contributed by atoms with E-state index in [0.29, 0.717) is 17.5 Å². The second-order valence-corrected chi connectivity index (χ2v) is 5.81. The first kappa shape index (κ1) is 13.5. The minimum atomic E-state index is 0.324. The molecule has 1 aromatic carbocycles. The molecular weight excluding hydrogens is 244 g/mol. The molecule has 0 bridgehead atoms. The monoisotopic (exact) mass is 264 g/mol. The average Bonchev–Trinajstić information content (AvgIpc) is 2.46. The van der Waals surface area contributed by atoms with Gasteiger partial charge in [0.2, 0.25) is 0 Å². The summed E-state index contributed by atoms with van der Waals surface area (Å²) in [6.07, 6.45) is 5.95. The summed E-state index contributed by atoms with van der Waals surface area (Å²) in [6.45, 7) is 0. The lowest BCUT2D eigenvalue weighted by atomic mass is 9.87. The highest BCUT2D eigenvalue weighted by atomic mass is 32.2. The van der Waals surface area contributed by atoms with E-state index < -0.39 is 0 Å². The largest absolute Gasteiger partial charge is 0.497 e. The second kappa shape index (κ2) is 6.83. The van der Waals surface area contributed by atoms with Crippen LogP contribution in [0.15, 0.2) is 29.2 Å². The third kappa shape index (κ3) is 3.77. The van der Waals surface area contributed by atoms with Crippen LogP contribution in [0.3, 0.4) is 0 Å². The Bertz CT molecular complexity index is 380. The Morgan fingerprint density at radius 3 is 2.50 bits per heavy atom. The second-order valence-electron chi connectivity index (χ2n) is 4.77. The third-order valence-electron chi connectivity index (χ3n) is 3.50. The van der Waals surface area contributed by atoms with E-state index in [1.807, 2.05) is 24.3 Å². The predicted molar refractivity (Wildman–Crippen MR) is 75.3 cm³/mol. The summed E-state index contributed by atoms with van der Waals surface area (Å²) in [7, 11) is 1.66. The highest BCUT2D eigenvalue weighted by Crippen LogP contribution is 2.27. The van der Waals surface area contributed by atoms with Crippen LogP contribution in [0.5, 0.6) is 5.75 Å². The van der Waals surface area contributed by atoms with Crippen LogP contribution in [0, 0.1) is 5.92 Å². The van der Waals surface area contributed by atoms with Crippen LogP contribution in [0.1, 0.15) is 32.1 Å². The lowest BCUT2D eigenvalue weighted by Crippen LogP contribution is -2.19. The smallest absolute Gasteiger partial charge is 0.146 e. The number of benzene rings is 1. The zero-order valence-electron chi connectivity index (χ0n) is 10.9. The minimum Gasteiger partial charge on any atom is -0.497 e. The van der Waals surface area contributed by atoms with Gasteiger partial charge in [0.15, 0.2) is 0 Å². The molecule has 2 nitrogen and oxygen atoms in total. The molecule has 1 aliphatic rings. The molecule has 1 saturated carbocycles. The van der Waals surface area contributed by atoms with Crippen molar-refractivity contribution in [3.63, 3.8) is 0 Å². The van der Waals surface area contributed by atoms with Gasteiger partial charge in [-0.25, -0.2) is 0 Å². The summed E-state index contributed by atoms with van der Waals surface area (Å²) in [6, 6.07) is 7.90. The zero-order chi connectivity index (χ0) is 12.8. The summed E-state index contributed by atoms with van der Waals surface area (Å²) in [5.41, 5.74) is 0. The molecule has 1 fully saturated rings. The maximum absolute atomic E-state index is 12.0. The number of thioether (sulfide) groups is 1. The lowest BCUT2D eigenvalue weighted by Gasteiger charge is -2.19. The van der Waals surface area contributed by atoms with Crippen molar-refractivity contribution in [2.45, 2.75) is 37.0 Å². The lowest BCUT2D eigenvalue weighted by molar-refractivity contribution is -0.121. The molecule has 0 amide bonds. The number of rotatable bonds is 5. The topological polar surface area (TPSA) is 26.3 Å². The Morgan fingerprint density at radius 1 is 1.22 bits per heavy atom. The van der Waals surface area contributed by atoms with Gasteiger partial charge in [0.05, 0.1) is 12.9 Å². The Morgan fingerprint density at radius 2 is 1.89 bits per heavy atom. The van der Waals surface area contributed by atoms with E-state index in [-0.39, 0.29) is 0 Å². The molecule has 2 rings (SSSR count). The third-order valence-corrected chi connectivity index (χ3v) is 4.54. The molecule has 0 saturated heterocycles. The fourth-order valence-corrected chi connectivity index (χ4v) is 3.24. The molecule has 1 aliphatic carbocycles. The number of carbonyl (C=O) groups is 1. The van der Waals surface area contributed by atoms with E-state index in [9.17, 15) is 4.79 Å². The average molecular weight is 264 g/mol. The van der Waals surface area contributed by atoms with Crippen molar-refractivity contribution in [1.82, 2.24) is 0 Å². The van der Waals surface area contributed by atoms with Gasteiger partial charge in [-0.3, -0.25) is 4.79 Å². The number of hydrogen-bond acceptors (Lipinski definition) is 3. The molecule has 0 atom stereocenters. The quantitative estimate of drug-likeness (QED) is 0.754. The fourth-order valence-electron chi connectivity index (χ4n) is 2.37. The van der Waals surface area contributed by atoms with E-state index in [2.05, 4.69) is 0 Å². The van der Waals surface area contributed by atoms with Crippen LogP contribution in [-0.2, 0) is 4.79 Å². The first-order valence-corrected chi connectivity index (χ1v) is 7.57. The molecule has 3 heteroatoms. The molecule has 0 heterocycles. The van der Waals surface area contributed by atoms with Crippen LogP contribution < -0.4 is 4.74 Å². The molecule has 0 aliphatic heterocycles. The Hall–Kier alpha value is -0.960. The molecule has 0 N–H and O–H groups in total. The highest BCUT2D eigenvalue weighted by Gasteiger charge is 2.20. The van der Waals surface area contributed by atoms with Crippen LogP contribution in [0.25, 0.3) is 0 Å². The molecule has 0 aromatic heterocycles. The van der Waals surface area contributed by atoms with E-state index in [0.717, 1.165) is 23.5 Å². The molecule has 0 radical (unpaired) electrons. The van der Waals surface area contributed by atoms with Crippen molar-refractivity contribution in [3.05, 3.63) is 24.3 Å². The maximum Gasteiger partial charge on any atom is 0.146 e. The fraction of sp³-hybridized carbons (Fsp3) is 0.533. The Balaban J connectivity index is 1.80. The normalized spacial score (nSPS) is 16.5. The Labute approximate surface area is 113 Å². The number of methoxy groups -OCH3 is 1. The Kier molecular flexibility index (Phi) is 5.12. The number of Topliss-reactive ketones (excluding diaryl/α,β-unsaturated/α-hetero) is 1. The predicted octanol–water partition coefficient (Wildman–Crippen LogP) is 3.94. The molecular formula is C15H20O2S. The summed E-state index contributed by atoms with van der Waals surface area (Å²) < 4.78 is 5.11. The highest BCUT2D eigenvalue weighted by molar-refractivity contribution is 8.00. The van der Waals surface area contributed by atoms with Gasteiger partial charge in [0.1, 0.15) is 11.5 Å². The van der Waals surface area contributed by atoms with E-state index in [4.69, 9.17) is 4.74 Å². The SMILES string of the molecule is COc1ccc(SCC(=O)C2CCCCC2)cc1. The van der Waals surface area contributed by atoms with Crippen molar-refractivity contribution in [1.29, 1.82) is 0 Å². The number of ketones is 1. The number of ether oxygens (including phenoxy) is 1. The van der Waals surface area contributed by atoms with Crippen molar-refractivity contribution < 1.29 is 9.53 Å². The van der Waals surface area contributed by atoms with Gasteiger partial charge >= 0.3 is 0 Å². The van der Waals surface area contributed by atoms with Crippen LogP contribution in [-0.4, -0.2) is 18.6 Å². The maximum atomic E-state index is 12.0. The van der Waals surface area contributed by atoms with E-state index in [1.54, 1.807) is 18.9 Å². The van der Waals surface area contributed by atoms with Crippen LogP contribution in [0.2, 0.25) is 0 Å². The van der Waals surface area contributed by atoms with Crippen molar-refractivity contribution >= 4 is 17.5 Å². The molecule has 18 heavy (non-hydrogen) atoms. The summed E-state index contributed by atoms with van der Waals surface area (Å²) >= 11 is 1.64. The minimum absolute atomic E-state index is 0.324. The van der Waals surface area contributed by atoms with Crippen LogP contribution in [0.4, 0.5) is 0 Å². The number of hydrogen-bond donors (Lipinski definition) is 0. The van der Waals surface area contributed by atoms with E-state index >= 15 is 0 Å². The first-order valence-electron chi connectivity index (χ1n) is 6.59. The van der Waals surface area contributed by atoms with Gasteiger partial charge < -0.3 is 4.74 Å². The van der Waals surface area contributed by atoms with Gasteiger partial charge in [-0.15, -0.1) is 11.8 Å². The van der Waals surface area contributed by atoms with Crippen LogP contribution >= 0.6 is 11.8 Å². The molecule has 0 unspecified atom stereocenters.